The zero-order valence-corrected chi connectivity index (χ0v) is 64.2. The van der Waals surface area contributed by atoms with Crippen LogP contribution < -0.4 is 4.90 Å². The highest BCUT2D eigenvalue weighted by molar-refractivity contribution is 7.92. The van der Waals surface area contributed by atoms with E-state index in [1.807, 2.05) is 166 Å². The van der Waals surface area contributed by atoms with Gasteiger partial charge >= 0.3 is 0 Å². The second-order valence-electron chi connectivity index (χ2n) is 28.0. The lowest BCUT2D eigenvalue weighted by molar-refractivity contribution is 0.0753. The SMILES string of the molecule is Cc1ccc(CCC(CS(=O)(=O)c2ccc(C)cc2)C(=O)c2ccc(C(=O)C(C)C)cc2)cc1.Cc1ccc(CCC(CS(=O)(=O)c2ccc(C)cc2)C(=O)c2ccc(N(C)C(C)C)cc2)cc1.Cc1ccc(CCC(CS(=O)(=O)c2ccccc2)C(=O)c2ccc(C(=O)N(C)C(C)C)cc2)cc1. The topological polar surface area (TPSA) is 194 Å². The van der Waals surface area contributed by atoms with E-state index in [1.54, 1.807) is 139 Å². The van der Waals surface area contributed by atoms with Crippen molar-refractivity contribution in [3.8, 4) is 0 Å². The fraction of sp³-hybridized carbons (Fsp3) is 0.322. The molecule has 9 aromatic carbocycles. The molecule has 0 aliphatic heterocycles. The number of hydrogen-bond donors (Lipinski definition) is 0. The van der Waals surface area contributed by atoms with E-state index in [0.29, 0.717) is 72.4 Å². The summed E-state index contributed by atoms with van der Waals surface area (Å²) < 4.78 is 79.0. The van der Waals surface area contributed by atoms with Crippen molar-refractivity contribution in [1.82, 2.24) is 4.90 Å². The van der Waals surface area contributed by atoms with Crippen molar-refractivity contribution >= 4 is 64.2 Å². The first-order valence-corrected chi connectivity index (χ1v) is 40.2. The maximum atomic E-state index is 13.5. The normalized spacial score (nSPS) is 12.5. The van der Waals surface area contributed by atoms with Crippen LogP contribution >= 0.6 is 0 Å². The first-order valence-electron chi connectivity index (χ1n) is 35.2. The molecule has 3 atom stereocenters. The molecule has 9 rings (SSSR count). The van der Waals surface area contributed by atoms with Crippen LogP contribution in [0.2, 0.25) is 0 Å². The summed E-state index contributed by atoms with van der Waals surface area (Å²) in [5.74, 6) is -3.56. The number of rotatable bonds is 30. The summed E-state index contributed by atoms with van der Waals surface area (Å²) in [5.41, 5.74) is 12.1. The van der Waals surface area contributed by atoms with E-state index in [2.05, 4.69) is 18.7 Å². The molecule has 0 aliphatic carbocycles. The molecule has 0 spiro atoms. The Morgan fingerprint density at radius 1 is 0.311 bits per heavy atom. The molecule has 0 bridgehead atoms. The molecule has 0 fully saturated rings. The Morgan fingerprint density at radius 3 is 0.854 bits per heavy atom. The van der Waals surface area contributed by atoms with E-state index in [0.717, 1.165) is 44.6 Å². The molecule has 9 aromatic rings. The van der Waals surface area contributed by atoms with Crippen LogP contribution in [0.15, 0.2) is 239 Å². The minimum Gasteiger partial charge on any atom is -0.372 e. The summed E-state index contributed by atoms with van der Waals surface area (Å²) in [6.07, 6.45) is 3.14. The zero-order chi connectivity index (χ0) is 75.3. The highest BCUT2D eigenvalue weighted by atomic mass is 32.2. The van der Waals surface area contributed by atoms with Gasteiger partial charge in [0.05, 0.1) is 31.9 Å². The number of benzene rings is 9. The van der Waals surface area contributed by atoms with Crippen molar-refractivity contribution in [3.05, 3.63) is 297 Å². The molecule has 13 nitrogen and oxygen atoms in total. The number of Topliss-reactive ketones (excluding diaryl/α,β-unsaturated/α-hetero) is 4. The van der Waals surface area contributed by atoms with Gasteiger partial charge in [0.15, 0.2) is 52.6 Å². The second-order valence-corrected chi connectivity index (χ2v) is 34.1. The lowest BCUT2D eigenvalue weighted by Gasteiger charge is -2.24. The first kappa shape index (κ1) is 81.1. The number of sulfone groups is 3. The van der Waals surface area contributed by atoms with Gasteiger partial charge in [-0.15, -0.1) is 0 Å². The summed E-state index contributed by atoms with van der Waals surface area (Å²) in [5, 5.41) is 0. The molecule has 0 N–H and O–H groups in total. The first-order chi connectivity index (χ1) is 48.7. The summed E-state index contributed by atoms with van der Waals surface area (Å²) in [7, 11) is -7.15. The van der Waals surface area contributed by atoms with Crippen LogP contribution in [-0.2, 0) is 48.8 Å². The maximum absolute atomic E-state index is 13.5. The largest absolute Gasteiger partial charge is 0.372 e. The van der Waals surface area contributed by atoms with Crippen LogP contribution in [0.3, 0.4) is 0 Å². The van der Waals surface area contributed by atoms with Crippen LogP contribution in [0.1, 0.15) is 157 Å². The number of hydrogen-bond acceptors (Lipinski definition) is 12. The van der Waals surface area contributed by atoms with Crippen LogP contribution in [0.5, 0.6) is 0 Å². The maximum Gasteiger partial charge on any atom is 0.253 e. The Kier molecular flexibility index (Phi) is 29.4. The van der Waals surface area contributed by atoms with Gasteiger partial charge in [-0.2, -0.15) is 0 Å². The summed E-state index contributed by atoms with van der Waals surface area (Å²) in [6, 6.07) is 67.0. The Balaban J connectivity index is 0.000000216. The lowest BCUT2D eigenvalue weighted by Crippen LogP contribution is -2.33. The third kappa shape index (κ3) is 23.9. The predicted octanol–water partition coefficient (Wildman–Crippen LogP) is 17.5. The number of ketones is 4. The highest BCUT2D eigenvalue weighted by Crippen LogP contribution is 2.28. The van der Waals surface area contributed by atoms with Crippen molar-refractivity contribution in [2.75, 3.05) is 36.3 Å². The van der Waals surface area contributed by atoms with Crippen LogP contribution in [0.25, 0.3) is 0 Å². The average Bonchev–Trinajstić information content (AvgIpc) is 0.825. The Labute approximate surface area is 612 Å². The quantitative estimate of drug-likeness (QED) is 0.0387. The Hall–Kier alpha value is -9.22. The van der Waals surface area contributed by atoms with Crippen LogP contribution in [-0.4, -0.2) is 103 Å². The number of carbonyl (C=O) groups is 5. The van der Waals surface area contributed by atoms with E-state index >= 15 is 0 Å². The molecule has 16 heteroatoms. The van der Waals surface area contributed by atoms with E-state index in [-0.39, 0.29) is 72.9 Å². The number of amides is 1. The van der Waals surface area contributed by atoms with Gasteiger partial charge in [0.25, 0.3) is 5.91 Å². The van der Waals surface area contributed by atoms with Gasteiger partial charge in [-0.05, 0) is 190 Å². The zero-order valence-electron chi connectivity index (χ0n) is 61.8. The molecule has 0 aliphatic rings. The molecule has 0 radical (unpaired) electrons. The van der Waals surface area contributed by atoms with Gasteiger partial charge in [-0.25, -0.2) is 25.3 Å². The summed E-state index contributed by atoms with van der Waals surface area (Å²) in [4.78, 5) is 69.8. The van der Waals surface area contributed by atoms with Crippen molar-refractivity contribution in [3.63, 3.8) is 0 Å². The van der Waals surface area contributed by atoms with Crippen molar-refractivity contribution in [1.29, 1.82) is 0 Å². The Bertz CT molecular complexity index is 4640. The third-order valence-electron chi connectivity index (χ3n) is 18.8. The molecule has 3 unspecified atom stereocenters. The minimum absolute atomic E-state index is 0.0110. The molecule has 103 heavy (non-hydrogen) atoms. The predicted molar refractivity (Wildman–Crippen MR) is 416 cm³/mol. The molecular weight excluding hydrogens is 1350 g/mol. The molecule has 0 saturated carbocycles. The average molecular weight is 1450 g/mol. The monoisotopic (exact) mass is 1440 g/mol. The second kappa shape index (κ2) is 37.3. The summed E-state index contributed by atoms with van der Waals surface area (Å²) in [6.45, 7) is 21.6. The third-order valence-corrected chi connectivity index (χ3v) is 24.3. The van der Waals surface area contributed by atoms with Crippen LogP contribution in [0, 0.1) is 58.3 Å². The summed E-state index contributed by atoms with van der Waals surface area (Å²) >= 11 is 0. The standard InChI is InChI=1S/C29H33NO4S.C29H35NO3S.C29H32O4S/c1-21(2)30(4)29(32)25-18-16-24(17-19-25)28(31)26(15-14-23-12-10-22(3)11-13-23)20-35(33,34)27-8-6-5-7-9-27;1-21(2)30(5)27-16-14-25(15-17-27)29(31)26(13-12-24-10-6-22(3)7-11-24)20-34(32,33)28-18-8-23(4)9-19-28;1-20(2)28(30)24-13-15-25(16-14-24)29(31)26(12-11-23-9-5-21(3)6-10-23)19-34(32,33)27-17-7-22(4)8-18-27/h5-13,16-19,21,26H,14-15,20H2,1-4H3;6-11,14-19,21,26H,12-13,20H2,1-5H3;5-10,13-18,20,26H,11-12,19H2,1-4H3. The number of nitrogens with zero attached hydrogens (tertiary/aromatic N) is 2. The van der Waals surface area contributed by atoms with E-state index < -0.39 is 47.3 Å². The van der Waals surface area contributed by atoms with Crippen LogP contribution in [0.4, 0.5) is 5.69 Å². The molecule has 542 valence electrons. The fourth-order valence-electron chi connectivity index (χ4n) is 11.6. The van der Waals surface area contributed by atoms with Gasteiger partial charge in [-0.3, -0.25) is 24.0 Å². The van der Waals surface area contributed by atoms with Gasteiger partial charge in [0, 0.05) is 83.4 Å². The van der Waals surface area contributed by atoms with Gasteiger partial charge in [0.2, 0.25) is 0 Å². The lowest BCUT2D eigenvalue weighted by atomic mass is 9.91. The van der Waals surface area contributed by atoms with Crippen molar-refractivity contribution in [2.24, 2.45) is 23.7 Å². The molecular formula is C87H100N2O11S3. The van der Waals surface area contributed by atoms with Gasteiger partial charge in [0.1, 0.15) is 0 Å². The molecule has 0 heterocycles. The van der Waals surface area contributed by atoms with Crippen molar-refractivity contribution in [2.45, 2.75) is 141 Å². The van der Waals surface area contributed by atoms with E-state index in [4.69, 9.17) is 0 Å². The smallest absolute Gasteiger partial charge is 0.253 e. The molecule has 1 amide bonds. The molecule has 0 aromatic heterocycles. The van der Waals surface area contributed by atoms with Gasteiger partial charge in [-0.1, -0.05) is 193 Å². The fourth-order valence-corrected chi connectivity index (χ4v) is 16.4. The number of aryl methyl sites for hydroxylation is 8. The molecule has 0 saturated heterocycles. The van der Waals surface area contributed by atoms with Crippen molar-refractivity contribution < 1.29 is 49.2 Å². The van der Waals surface area contributed by atoms with E-state index in [9.17, 15) is 49.2 Å². The Morgan fingerprint density at radius 2 is 0.573 bits per heavy atom. The highest BCUT2D eigenvalue weighted by Gasteiger charge is 2.32. The number of carbonyl (C=O) groups excluding carboxylic acids is 5. The number of anilines is 1. The minimum atomic E-state index is -3.65. The van der Waals surface area contributed by atoms with E-state index in [1.165, 1.54) is 5.56 Å². The van der Waals surface area contributed by atoms with Gasteiger partial charge < -0.3 is 9.80 Å².